The molecule has 0 radical (unpaired) electrons. The first-order chi connectivity index (χ1) is 7.72. The number of ether oxygens (including phenoxy) is 1. The van der Waals surface area contributed by atoms with Crippen molar-refractivity contribution >= 4 is 23.1 Å². The first-order valence-electron chi connectivity index (χ1n) is 5.47. The minimum Gasteiger partial charge on any atom is -0.383 e. The summed E-state index contributed by atoms with van der Waals surface area (Å²) in [4.78, 5) is 4.57. The fraction of sp³-hybridized carbons (Fsp3) is 0.727. The van der Waals surface area contributed by atoms with Gasteiger partial charge in [-0.1, -0.05) is 13.8 Å². The standard InChI is InChI=1S/C11H20N2OS2/c1-9(2)15-8-11-13-10(7-16-11)6-12-4-5-14-3/h7,9,12H,4-6,8H2,1-3H3. The maximum Gasteiger partial charge on any atom is 0.103 e. The Balaban J connectivity index is 2.22. The molecule has 1 rings (SSSR count). The number of aromatic nitrogens is 1. The van der Waals surface area contributed by atoms with Crippen molar-refractivity contribution in [2.45, 2.75) is 31.4 Å². The highest BCUT2D eigenvalue weighted by Gasteiger charge is 2.03. The molecule has 0 fully saturated rings. The predicted molar refractivity (Wildman–Crippen MR) is 72.1 cm³/mol. The first-order valence-corrected chi connectivity index (χ1v) is 7.39. The van der Waals surface area contributed by atoms with E-state index in [0.717, 1.165) is 31.1 Å². The first kappa shape index (κ1) is 14.0. The largest absolute Gasteiger partial charge is 0.383 e. The third kappa shape index (κ3) is 5.84. The summed E-state index contributed by atoms with van der Waals surface area (Å²) in [6.45, 7) is 6.90. The van der Waals surface area contributed by atoms with E-state index in [9.17, 15) is 0 Å². The van der Waals surface area contributed by atoms with E-state index in [0.29, 0.717) is 5.25 Å². The van der Waals surface area contributed by atoms with Crippen LogP contribution < -0.4 is 5.32 Å². The molecule has 0 amide bonds. The van der Waals surface area contributed by atoms with Gasteiger partial charge < -0.3 is 10.1 Å². The van der Waals surface area contributed by atoms with E-state index in [1.54, 1.807) is 18.4 Å². The molecule has 16 heavy (non-hydrogen) atoms. The number of nitrogens with one attached hydrogen (secondary N) is 1. The molecular formula is C11H20N2OS2. The van der Waals surface area contributed by atoms with E-state index in [4.69, 9.17) is 4.74 Å². The van der Waals surface area contributed by atoms with Crippen LogP contribution in [0.15, 0.2) is 5.38 Å². The summed E-state index contributed by atoms with van der Waals surface area (Å²) >= 11 is 3.69. The van der Waals surface area contributed by atoms with Crippen LogP contribution in [0, 0.1) is 0 Å². The minimum atomic E-state index is 0.673. The van der Waals surface area contributed by atoms with E-state index >= 15 is 0 Å². The highest BCUT2D eigenvalue weighted by Crippen LogP contribution is 2.20. The summed E-state index contributed by atoms with van der Waals surface area (Å²) in [6, 6.07) is 0. The van der Waals surface area contributed by atoms with Crippen molar-refractivity contribution in [3.63, 3.8) is 0 Å². The molecule has 0 aromatic carbocycles. The van der Waals surface area contributed by atoms with Gasteiger partial charge in [0.15, 0.2) is 0 Å². The van der Waals surface area contributed by atoms with Crippen LogP contribution in [0.4, 0.5) is 0 Å². The van der Waals surface area contributed by atoms with E-state index in [1.807, 2.05) is 11.8 Å². The number of methoxy groups -OCH3 is 1. The van der Waals surface area contributed by atoms with Crippen molar-refractivity contribution in [3.05, 3.63) is 16.1 Å². The second-order valence-corrected chi connectivity index (χ2v) is 6.27. The number of hydrogen-bond donors (Lipinski definition) is 1. The molecule has 0 bridgehead atoms. The van der Waals surface area contributed by atoms with Gasteiger partial charge in [-0.15, -0.1) is 11.3 Å². The van der Waals surface area contributed by atoms with Crippen LogP contribution >= 0.6 is 23.1 Å². The Bertz CT molecular complexity index is 289. The number of thioether (sulfide) groups is 1. The Morgan fingerprint density at radius 2 is 2.38 bits per heavy atom. The highest BCUT2D eigenvalue weighted by atomic mass is 32.2. The lowest BCUT2D eigenvalue weighted by Crippen LogP contribution is -2.18. The molecule has 1 aromatic rings. The van der Waals surface area contributed by atoms with Gasteiger partial charge >= 0.3 is 0 Å². The lowest BCUT2D eigenvalue weighted by atomic mass is 10.5. The van der Waals surface area contributed by atoms with E-state index in [-0.39, 0.29) is 0 Å². The van der Waals surface area contributed by atoms with Crippen molar-refractivity contribution in [2.24, 2.45) is 0 Å². The van der Waals surface area contributed by atoms with Gasteiger partial charge in [0.05, 0.1) is 12.3 Å². The van der Waals surface area contributed by atoms with Crippen LogP contribution in [-0.2, 0) is 17.0 Å². The van der Waals surface area contributed by atoms with Crippen LogP contribution in [-0.4, -0.2) is 30.5 Å². The van der Waals surface area contributed by atoms with E-state index in [1.165, 1.54) is 5.01 Å². The Hall–Kier alpha value is -0.100. The maximum atomic E-state index is 4.97. The van der Waals surface area contributed by atoms with E-state index in [2.05, 4.69) is 29.5 Å². The molecule has 3 nitrogen and oxygen atoms in total. The Labute approximate surface area is 106 Å². The van der Waals surface area contributed by atoms with Gasteiger partial charge in [-0.25, -0.2) is 4.98 Å². The van der Waals surface area contributed by atoms with Crippen LogP contribution in [0.2, 0.25) is 0 Å². The van der Waals surface area contributed by atoms with Gasteiger partial charge in [-0.2, -0.15) is 11.8 Å². The summed E-state index contributed by atoms with van der Waals surface area (Å²) in [5, 5.41) is 7.33. The summed E-state index contributed by atoms with van der Waals surface area (Å²) in [5.41, 5.74) is 1.14. The van der Waals surface area contributed by atoms with Crippen LogP contribution in [0.3, 0.4) is 0 Å². The molecule has 0 unspecified atom stereocenters. The molecule has 0 atom stereocenters. The molecule has 92 valence electrons. The molecule has 0 aliphatic rings. The molecule has 0 aliphatic heterocycles. The molecule has 0 saturated carbocycles. The molecule has 0 spiro atoms. The average Bonchev–Trinajstić information content (AvgIpc) is 2.70. The maximum absolute atomic E-state index is 4.97. The lowest BCUT2D eigenvalue weighted by molar-refractivity contribution is 0.199. The monoisotopic (exact) mass is 260 g/mol. The molecule has 0 saturated heterocycles. The molecule has 1 heterocycles. The fourth-order valence-electron chi connectivity index (χ4n) is 1.13. The van der Waals surface area contributed by atoms with Gasteiger partial charge in [-0.3, -0.25) is 0 Å². The zero-order chi connectivity index (χ0) is 11.8. The summed E-state index contributed by atoms with van der Waals surface area (Å²) < 4.78 is 4.97. The van der Waals surface area contributed by atoms with Crippen molar-refractivity contribution in [2.75, 3.05) is 20.3 Å². The van der Waals surface area contributed by atoms with Gasteiger partial charge in [0, 0.05) is 31.3 Å². The Kier molecular flexibility index (Phi) is 7.03. The topological polar surface area (TPSA) is 34.1 Å². The van der Waals surface area contributed by atoms with Gasteiger partial charge in [-0.05, 0) is 5.25 Å². The van der Waals surface area contributed by atoms with Gasteiger partial charge in [0.1, 0.15) is 5.01 Å². The van der Waals surface area contributed by atoms with Gasteiger partial charge in [0.2, 0.25) is 0 Å². The zero-order valence-corrected chi connectivity index (χ0v) is 11.8. The van der Waals surface area contributed by atoms with Crippen molar-refractivity contribution < 1.29 is 4.74 Å². The summed E-state index contributed by atoms with van der Waals surface area (Å²) in [7, 11) is 1.71. The number of nitrogens with zero attached hydrogens (tertiary/aromatic N) is 1. The number of rotatable bonds is 8. The second kappa shape index (κ2) is 8.06. The van der Waals surface area contributed by atoms with Crippen molar-refractivity contribution in [1.29, 1.82) is 0 Å². The molecule has 1 aromatic heterocycles. The van der Waals surface area contributed by atoms with Crippen LogP contribution in [0.25, 0.3) is 0 Å². The third-order valence-corrected chi connectivity index (χ3v) is 4.12. The molecule has 1 N–H and O–H groups in total. The van der Waals surface area contributed by atoms with Crippen molar-refractivity contribution in [3.8, 4) is 0 Å². The Morgan fingerprint density at radius 1 is 1.56 bits per heavy atom. The average molecular weight is 260 g/mol. The van der Waals surface area contributed by atoms with Crippen molar-refractivity contribution in [1.82, 2.24) is 10.3 Å². The van der Waals surface area contributed by atoms with Gasteiger partial charge in [0.25, 0.3) is 0 Å². The summed E-state index contributed by atoms with van der Waals surface area (Å²) in [6.07, 6.45) is 0. The third-order valence-electron chi connectivity index (χ3n) is 1.93. The molecular weight excluding hydrogens is 240 g/mol. The highest BCUT2D eigenvalue weighted by molar-refractivity contribution is 7.99. The number of thiazole rings is 1. The number of hydrogen-bond acceptors (Lipinski definition) is 5. The lowest BCUT2D eigenvalue weighted by Gasteiger charge is -2.01. The molecule has 5 heteroatoms. The summed E-state index contributed by atoms with van der Waals surface area (Å²) in [5.74, 6) is 1.03. The second-order valence-electron chi connectivity index (χ2n) is 3.76. The van der Waals surface area contributed by atoms with E-state index < -0.39 is 0 Å². The molecule has 0 aliphatic carbocycles. The van der Waals surface area contributed by atoms with Crippen LogP contribution in [0.1, 0.15) is 24.5 Å². The smallest absolute Gasteiger partial charge is 0.103 e. The Morgan fingerprint density at radius 3 is 3.06 bits per heavy atom. The normalized spacial score (nSPS) is 11.2. The predicted octanol–water partition coefficient (Wildman–Crippen LogP) is 2.52. The fourth-order valence-corrected chi connectivity index (χ4v) is 2.72. The quantitative estimate of drug-likeness (QED) is 0.728. The van der Waals surface area contributed by atoms with Crippen LogP contribution in [0.5, 0.6) is 0 Å². The SMILES string of the molecule is COCCNCc1csc(CSC(C)C)n1. The minimum absolute atomic E-state index is 0.673. The zero-order valence-electron chi connectivity index (χ0n) is 10.2.